The fraction of sp³-hybridized carbons (Fsp3) is 1.00. The van der Waals surface area contributed by atoms with Crippen molar-refractivity contribution in [2.75, 3.05) is 19.7 Å². The van der Waals surface area contributed by atoms with E-state index in [2.05, 4.69) is 33.0 Å². The molecule has 0 heterocycles. The van der Waals surface area contributed by atoms with Gasteiger partial charge in [-0.3, -0.25) is 0 Å². The molecule has 1 saturated carbocycles. The second-order valence-electron chi connectivity index (χ2n) is 5.87. The molecule has 0 aromatic rings. The van der Waals surface area contributed by atoms with Gasteiger partial charge in [-0.2, -0.15) is 0 Å². The Bertz CT molecular complexity index is 195. The molecule has 1 N–H and O–H groups in total. The van der Waals surface area contributed by atoms with Crippen LogP contribution in [0.1, 0.15) is 59.8 Å². The van der Waals surface area contributed by atoms with Crippen LogP contribution in [0.15, 0.2) is 0 Å². The third-order valence-corrected chi connectivity index (χ3v) is 4.21. The first kappa shape index (κ1) is 15.0. The van der Waals surface area contributed by atoms with Crippen molar-refractivity contribution in [2.24, 2.45) is 11.8 Å². The molecule has 0 aliphatic heterocycles. The van der Waals surface area contributed by atoms with Gasteiger partial charge in [0.05, 0.1) is 5.60 Å². The molecule has 2 heteroatoms. The molecule has 17 heavy (non-hydrogen) atoms. The van der Waals surface area contributed by atoms with Crippen molar-refractivity contribution in [2.45, 2.75) is 65.4 Å². The van der Waals surface area contributed by atoms with Crippen molar-refractivity contribution in [3.63, 3.8) is 0 Å². The molecule has 0 atom stereocenters. The maximum absolute atomic E-state index is 6.08. The normalized spacial score (nSPS) is 29.8. The fourth-order valence-corrected chi connectivity index (χ4v) is 3.00. The van der Waals surface area contributed by atoms with E-state index >= 15 is 0 Å². The van der Waals surface area contributed by atoms with Crippen LogP contribution in [0.25, 0.3) is 0 Å². The summed E-state index contributed by atoms with van der Waals surface area (Å²) in [5, 5.41) is 3.55. The van der Waals surface area contributed by atoms with E-state index in [0.29, 0.717) is 0 Å². The van der Waals surface area contributed by atoms with Crippen LogP contribution < -0.4 is 5.32 Å². The third-order valence-electron chi connectivity index (χ3n) is 4.21. The lowest BCUT2D eigenvalue weighted by atomic mass is 9.74. The molecular weight excluding hydrogens is 210 g/mol. The average Bonchev–Trinajstić information content (AvgIpc) is 2.30. The van der Waals surface area contributed by atoms with Crippen LogP contribution in [0.5, 0.6) is 0 Å². The summed E-state index contributed by atoms with van der Waals surface area (Å²) in [7, 11) is 0. The Kier molecular flexibility index (Phi) is 6.50. The fourth-order valence-electron chi connectivity index (χ4n) is 3.00. The molecule has 0 unspecified atom stereocenters. The van der Waals surface area contributed by atoms with Crippen molar-refractivity contribution < 1.29 is 4.74 Å². The predicted octanol–water partition coefficient (Wildman–Crippen LogP) is 3.61. The first-order valence-corrected chi connectivity index (χ1v) is 7.48. The van der Waals surface area contributed by atoms with E-state index in [1.54, 1.807) is 0 Å². The van der Waals surface area contributed by atoms with E-state index in [0.717, 1.165) is 31.5 Å². The number of rotatable bonds is 7. The van der Waals surface area contributed by atoms with E-state index in [-0.39, 0.29) is 5.60 Å². The van der Waals surface area contributed by atoms with Crippen molar-refractivity contribution >= 4 is 0 Å². The number of nitrogens with one attached hydrogen (secondary N) is 1. The molecule has 0 spiro atoms. The Balaban J connectivity index is 2.44. The van der Waals surface area contributed by atoms with Crippen LogP contribution in [-0.2, 0) is 4.74 Å². The van der Waals surface area contributed by atoms with Crippen molar-refractivity contribution in [1.29, 1.82) is 0 Å². The largest absolute Gasteiger partial charge is 0.374 e. The summed E-state index contributed by atoms with van der Waals surface area (Å²) >= 11 is 0. The van der Waals surface area contributed by atoms with Gasteiger partial charge in [0, 0.05) is 13.2 Å². The Morgan fingerprint density at radius 1 is 1.24 bits per heavy atom. The van der Waals surface area contributed by atoms with E-state index < -0.39 is 0 Å². The molecule has 1 aliphatic carbocycles. The average molecular weight is 241 g/mol. The summed E-state index contributed by atoms with van der Waals surface area (Å²) in [6.45, 7) is 12.1. The topological polar surface area (TPSA) is 21.3 Å². The Morgan fingerprint density at radius 3 is 2.35 bits per heavy atom. The molecular formula is C15H31NO. The maximum atomic E-state index is 6.08. The van der Waals surface area contributed by atoms with Gasteiger partial charge >= 0.3 is 0 Å². The minimum absolute atomic E-state index is 0.134. The van der Waals surface area contributed by atoms with Gasteiger partial charge in [0.1, 0.15) is 0 Å². The van der Waals surface area contributed by atoms with Gasteiger partial charge in [-0.15, -0.1) is 0 Å². The molecule has 0 radical (unpaired) electrons. The summed E-state index contributed by atoms with van der Waals surface area (Å²) in [5.74, 6) is 1.74. The Morgan fingerprint density at radius 2 is 1.88 bits per heavy atom. The Labute approximate surface area is 108 Å². The first-order chi connectivity index (χ1) is 8.13. The van der Waals surface area contributed by atoms with Gasteiger partial charge in [-0.25, -0.2) is 0 Å². The van der Waals surface area contributed by atoms with Gasteiger partial charge in [0.2, 0.25) is 0 Å². The van der Waals surface area contributed by atoms with E-state index in [9.17, 15) is 0 Å². The van der Waals surface area contributed by atoms with Crippen molar-refractivity contribution in [1.82, 2.24) is 5.32 Å². The van der Waals surface area contributed by atoms with Crippen LogP contribution in [0, 0.1) is 11.8 Å². The second kappa shape index (κ2) is 7.38. The summed E-state index contributed by atoms with van der Waals surface area (Å²) in [5.41, 5.74) is 0.134. The molecule has 0 aromatic carbocycles. The molecule has 0 saturated heterocycles. The summed E-state index contributed by atoms with van der Waals surface area (Å²) < 4.78 is 6.08. The van der Waals surface area contributed by atoms with Gasteiger partial charge in [-0.1, -0.05) is 20.8 Å². The lowest BCUT2D eigenvalue weighted by Crippen LogP contribution is -2.46. The monoisotopic (exact) mass is 241 g/mol. The second-order valence-corrected chi connectivity index (χ2v) is 5.87. The molecule has 0 amide bonds. The lowest BCUT2D eigenvalue weighted by molar-refractivity contribution is -0.0742. The number of hydrogen-bond donors (Lipinski definition) is 1. The highest BCUT2D eigenvalue weighted by Gasteiger charge is 2.36. The lowest BCUT2D eigenvalue weighted by Gasteiger charge is -2.41. The Hall–Kier alpha value is -0.0800. The van der Waals surface area contributed by atoms with Gasteiger partial charge in [0.25, 0.3) is 0 Å². The van der Waals surface area contributed by atoms with E-state index in [1.165, 1.54) is 32.1 Å². The maximum Gasteiger partial charge on any atom is 0.0806 e. The molecule has 2 nitrogen and oxygen atoms in total. The molecule has 1 rings (SSSR count). The molecule has 0 bridgehead atoms. The summed E-state index contributed by atoms with van der Waals surface area (Å²) in [4.78, 5) is 0. The SMILES string of the molecule is CCCNCC1(OCC)CCC(C(C)C)CC1. The molecule has 102 valence electrons. The zero-order valence-electron chi connectivity index (χ0n) is 12.2. The summed E-state index contributed by atoms with van der Waals surface area (Å²) in [6.07, 6.45) is 6.36. The van der Waals surface area contributed by atoms with Gasteiger partial charge in [-0.05, 0) is 57.4 Å². The third kappa shape index (κ3) is 4.59. The van der Waals surface area contributed by atoms with Crippen molar-refractivity contribution in [3.8, 4) is 0 Å². The van der Waals surface area contributed by atoms with Crippen LogP contribution in [0.2, 0.25) is 0 Å². The number of hydrogen-bond acceptors (Lipinski definition) is 2. The van der Waals surface area contributed by atoms with Gasteiger partial charge in [0.15, 0.2) is 0 Å². The number of ether oxygens (including phenoxy) is 1. The van der Waals surface area contributed by atoms with Crippen LogP contribution in [0.3, 0.4) is 0 Å². The predicted molar refractivity (Wildman–Crippen MR) is 74.3 cm³/mol. The first-order valence-electron chi connectivity index (χ1n) is 7.48. The quantitative estimate of drug-likeness (QED) is 0.688. The van der Waals surface area contributed by atoms with E-state index in [4.69, 9.17) is 4.74 Å². The van der Waals surface area contributed by atoms with Crippen LogP contribution >= 0.6 is 0 Å². The smallest absolute Gasteiger partial charge is 0.0806 e. The summed E-state index contributed by atoms with van der Waals surface area (Å²) in [6, 6.07) is 0. The van der Waals surface area contributed by atoms with Crippen molar-refractivity contribution in [3.05, 3.63) is 0 Å². The van der Waals surface area contributed by atoms with E-state index in [1.807, 2.05) is 0 Å². The van der Waals surface area contributed by atoms with Crippen LogP contribution in [-0.4, -0.2) is 25.3 Å². The molecule has 1 fully saturated rings. The minimum atomic E-state index is 0.134. The molecule has 0 aromatic heterocycles. The zero-order valence-corrected chi connectivity index (χ0v) is 12.2. The minimum Gasteiger partial charge on any atom is -0.374 e. The van der Waals surface area contributed by atoms with Crippen LogP contribution in [0.4, 0.5) is 0 Å². The highest BCUT2D eigenvalue weighted by Crippen LogP contribution is 2.37. The zero-order chi connectivity index (χ0) is 12.7. The molecule has 1 aliphatic rings. The standard InChI is InChI=1S/C15H31NO/c1-5-11-16-12-15(17-6-2)9-7-14(8-10-15)13(3)4/h13-14,16H,5-12H2,1-4H3. The highest BCUT2D eigenvalue weighted by molar-refractivity contribution is 4.89. The van der Waals surface area contributed by atoms with Gasteiger partial charge < -0.3 is 10.1 Å². The highest BCUT2D eigenvalue weighted by atomic mass is 16.5.